The number of benzene rings is 1. The van der Waals surface area contributed by atoms with Crippen LogP contribution in [0.25, 0.3) is 0 Å². The van der Waals surface area contributed by atoms with E-state index in [-0.39, 0.29) is 24.4 Å². The third kappa shape index (κ3) is 4.02. The van der Waals surface area contributed by atoms with Crippen LogP contribution in [0.5, 0.6) is 0 Å². The highest BCUT2D eigenvalue weighted by molar-refractivity contribution is 6.09. The first-order chi connectivity index (χ1) is 13.9. The summed E-state index contributed by atoms with van der Waals surface area (Å²) in [6.07, 6.45) is 6.50. The molecule has 156 valence electrons. The fourth-order valence-electron chi connectivity index (χ4n) is 4.78. The summed E-state index contributed by atoms with van der Waals surface area (Å²) in [6.45, 7) is 3.99. The molecule has 1 heterocycles. The van der Waals surface area contributed by atoms with Crippen LogP contribution >= 0.6 is 0 Å². The van der Waals surface area contributed by atoms with Gasteiger partial charge in [-0.15, -0.1) is 0 Å². The molecule has 3 fully saturated rings. The number of imide groups is 1. The van der Waals surface area contributed by atoms with Crippen LogP contribution in [0.2, 0.25) is 0 Å². The highest BCUT2D eigenvalue weighted by Gasteiger charge is 2.52. The van der Waals surface area contributed by atoms with Crippen LogP contribution in [-0.2, 0) is 9.59 Å². The van der Waals surface area contributed by atoms with E-state index in [0.717, 1.165) is 42.6 Å². The van der Waals surface area contributed by atoms with E-state index in [1.165, 1.54) is 5.56 Å². The SMILES string of the molecule is CCC1CCC2(CC1)NC(=O)N(CC(=O)NC(c1ccc(C)cc1)C1CC1)C2=O. The molecule has 3 aliphatic rings. The van der Waals surface area contributed by atoms with Gasteiger partial charge in [0.15, 0.2) is 0 Å². The number of hydrogen-bond donors (Lipinski definition) is 2. The molecule has 1 saturated heterocycles. The van der Waals surface area contributed by atoms with Crippen LogP contribution in [-0.4, -0.2) is 34.8 Å². The molecule has 29 heavy (non-hydrogen) atoms. The maximum Gasteiger partial charge on any atom is 0.325 e. The Morgan fingerprint density at radius 2 is 1.83 bits per heavy atom. The van der Waals surface area contributed by atoms with Gasteiger partial charge in [0.05, 0.1) is 6.04 Å². The molecule has 0 radical (unpaired) electrons. The van der Waals surface area contributed by atoms with Crippen LogP contribution in [0.1, 0.15) is 69.0 Å². The number of hydrogen-bond acceptors (Lipinski definition) is 3. The van der Waals surface area contributed by atoms with Crippen LogP contribution in [0.3, 0.4) is 0 Å². The minimum Gasteiger partial charge on any atom is -0.347 e. The summed E-state index contributed by atoms with van der Waals surface area (Å²) in [7, 11) is 0. The molecule has 2 saturated carbocycles. The summed E-state index contributed by atoms with van der Waals surface area (Å²) in [4.78, 5) is 39.4. The fraction of sp³-hybridized carbons (Fsp3) is 0.609. The van der Waals surface area contributed by atoms with Gasteiger partial charge in [0.2, 0.25) is 5.91 Å². The Bertz CT molecular complexity index is 792. The average molecular weight is 398 g/mol. The molecule has 2 aliphatic carbocycles. The third-order valence-electron chi connectivity index (χ3n) is 6.93. The van der Waals surface area contributed by atoms with Crippen molar-refractivity contribution in [2.75, 3.05) is 6.54 Å². The smallest absolute Gasteiger partial charge is 0.325 e. The lowest BCUT2D eigenvalue weighted by molar-refractivity contribution is -0.136. The standard InChI is InChI=1S/C23H31N3O3/c1-3-16-10-12-23(13-11-16)21(28)26(22(29)25-23)14-19(27)24-20(18-8-9-18)17-6-4-15(2)5-7-17/h4-7,16,18,20H,3,8-14H2,1-2H3,(H,24,27)(H,25,29). The molecule has 2 N–H and O–H groups in total. The molecule has 6 heteroatoms. The molecule has 1 spiro atoms. The first-order valence-corrected chi connectivity index (χ1v) is 10.9. The Kier molecular flexibility index (Phi) is 5.36. The van der Waals surface area contributed by atoms with Gasteiger partial charge in [0.25, 0.3) is 5.91 Å². The Morgan fingerprint density at radius 1 is 1.17 bits per heavy atom. The first-order valence-electron chi connectivity index (χ1n) is 10.9. The zero-order valence-electron chi connectivity index (χ0n) is 17.4. The lowest BCUT2D eigenvalue weighted by atomic mass is 9.75. The molecule has 1 aliphatic heterocycles. The van der Waals surface area contributed by atoms with Crippen LogP contribution in [0.4, 0.5) is 4.79 Å². The van der Waals surface area contributed by atoms with Crippen molar-refractivity contribution in [3.63, 3.8) is 0 Å². The molecular formula is C23H31N3O3. The van der Waals surface area contributed by atoms with E-state index in [0.29, 0.717) is 24.7 Å². The van der Waals surface area contributed by atoms with Gasteiger partial charge in [0, 0.05) is 0 Å². The van der Waals surface area contributed by atoms with Gasteiger partial charge in [-0.3, -0.25) is 14.5 Å². The molecule has 4 amide bonds. The number of nitrogens with zero attached hydrogens (tertiary/aromatic N) is 1. The molecule has 0 aromatic heterocycles. The lowest BCUT2D eigenvalue weighted by Crippen LogP contribution is -2.50. The van der Waals surface area contributed by atoms with Gasteiger partial charge in [-0.05, 0) is 62.8 Å². The van der Waals surface area contributed by atoms with E-state index < -0.39 is 11.6 Å². The number of rotatable bonds is 6. The number of urea groups is 1. The van der Waals surface area contributed by atoms with Crippen molar-refractivity contribution < 1.29 is 14.4 Å². The van der Waals surface area contributed by atoms with Crippen molar-refractivity contribution in [1.29, 1.82) is 0 Å². The topological polar surface area (TPSA) is 78.5 Å². The number of aryl methyl sites for hydroxylation is 1. The van der Waals surface area contributed by atoms with Crippen molar-refractivity contribution in [2.24, 2.45) is 11.8 Å². The molecule has 1 aromatic carbocycles. The van der Waals surface area contributed by atoms with Crippen LogP contribution in [0.15, 0.2) is 24.3 Å². The van der Waals surface area contributed by atoms with Crippen molar-refractivity contribution in [3.05, 3.63) is 35.4 Å². The Balaban J connectivity index is 1.40. The number of carbonyl (C=O) groups is 3. The number of amides is 4. The van der Waals surface area contributed by atoms with Crippen LogP contribution < -0.4 is 10.6 Å². The lowest BCUT2D eigenvalue weighted by Gasteiger charge is -2.34. The monoisotopic (exact) mass is 397 g/mol. The number of nitrogens with one attached hydrogen (secondary N) is 2. The maximum absolute atomic E-state index is 13.0. The van der Waals surface area contributed by atoms with Gasteiger partial charge in [-0.2, -0.15) is 0 Å². The highest BCUT2D eigenvalue weighted by atomic mass is 16.2. The molecular weight excluding hydrogens is 366 g/mol. The normalized spacial score (nSPS) is 27.8. The first kappa shape index (κ1) is 19.9. The van der Waals surface area contributed by atoms with Gasteiger partial charge in [-0.1, -0.05) is 43.2 Å². The summed E-state index contributed by atoms with van der Waals surface area (Å²) in [5.41, 5.74) is 1.46. The molecule has 4 rings (SSSR count). The largest absolute Gasteiger partial charge is 0.347 e. The molecule has 6 nitrogen and oxygen atoms in total. The Labute approximate surface area is 172 Å². The second-order valence-electron chi connectivity index (χ2n) is 9.05. The predicted octanol–water partition coefficient (Wildman–Crippen LogP) is 3.45. The van der Waals surface area contributed by atoms with Gasteiger partial charge >= 0.3 is 6.03 Å². The minimum atomic E-state index is -0.796. The van der Waals surface area contributed by atoms with E-state index in [4.69, 9.17) is 0 Å². The quantitative estimate of drug-likeness (QED) is 0.722. The van der Waals surface area contributed by atoms with Crippen molar-refractivity contribution in [1.82, 2.24) is 15.5 Å². The second kappa shape index (κ2) is 7.81. The predicted molar refractivity (Wildman–Crippen MR) is 110 cm³/mol. The van der Waals surface area contributed by atoms with E-state index in [9.17, 15) is 14.4 Å². The Morgan fingerprint density at radius 3 is 2.41 bits per heavy atom. The zero-order chi connectivity index (χ0) is 20.6. The zero-order valence-corrected chi connectivity index (χ0v) is 17.4. The molecule has 1 unspecified atom stereocenters. The average Bonchev–Trinajstić information content (AvgIpc) is 3.53. The fourth-order valence-corrected chi connectivity index (χ4v) is 4.78. The summed E-state index contributed by atoms with van der Waals surface area (Å²) in [6, 6.07) is 7.70. The summed E-state index contributed by atoms with van der Waals surface area (Å²) in [5.74, 6) is 0.549. The minimum absolute atomic E-state index is 0.0576. The van der Waals surface area contributed by atoms with Crippen molar-refractivity contribution in [3.8, 4) is 0 Å². The summed E-state index contributed by atoms with van der Waals surface area (Å²) < 4.78 is 0. The second-order valence-corrected chi connectivity index (χ2v) is 9.05. The van der Waals surface area contributed by atoms with Crippen molar-refractivity contribution >= 4 is 17.8 Å². The molecule has 0 bridgehead atoms. The van der Waals surface area contributed by atoms with E-state index in [1.807, 2.05) is 31.2 Å². The summed E-state index contributed by atoms with van der Waals surface area (Å²) >= 11 is 0. The van der Waals surface area contributed by atoms with E-state index >= 15 is 0 Å². The van der Waals surface area contributed by atoms with Crippen LogP contribution in [0, 0.1) is 18.8 Å². The third-order valence-corrected chi connectivity index (χ3v) is 6.93. The van der Waals surface area contributed by atoms with E-state index in [1.54, 1.807) is 0 Å². The van der Waals surface area contributed by atoms with Crippen molar-refractivity contribution in [2.45, 2.75) is 70.4 Å². The number of carbonyl (C=O) groups excluding carboxylic acids is 3. The molecule has 1 aromatic rings. The maximum atomic E-state index is 13.0. The van der Waals surface area contributed by atoms with Gasteiger partial charge in [0.1, 0.15) is 12.1 Å². The summed E-state index contributed by atoms with van der Waals surface area (Å²) in [5, 5.41) is 5.98. The van der Waals surface area contributed by atoms with Gasteiger partial charge < -0.3 is 10.6 Å². The highest BCUT2D eigenvalue weighted by Crippen LogP contribution is 2.41. The van der Waals surface area contributed by atoms with Gasteiger partial charge in [-0.25, -0.2) is 4.79 Å². The van der Waals surface area contributed by atoms with E-state index in [2.05, 4.69) is 17.6 Å². The molecule has 1 atom stereocenters. The Hall–Kier alpha value is -2.37.